The van der Waals surface area contributed by atoms with E-state index in [4.69, 9.17) is 10.5 Å². The summed E-state index contributed by atoms with van der Waals surface area (Å²) in [4.78, 5) is 0. The van der Waals surface area contributed by atoms with Crippen molar-refractivity contribution < 1.29 is 17.9 Å². The van der Waals surface area contributed by atoms with Gasteiger partial charge >= 0.3 is 5.51 Å². The van der Waals surface area contributed by atoms with E-state index in [1.54, 1.807) is 12.1 Å². The molecule has 0 unspecified atom stereocenters. The Morgan fingerprint density at radius 3 is 2.39 bits per heavy atom. The van der Waals surface area contributed by atoms with E-state index >= 15 is 0 Å². The topological polar surface area (TPSA) is 35.2 Å². The van der Waals surface area contributed by atoms with Gasteiger partial charge in [-0.2, -0.15) is 13.2 Å². The first kappa shape index (κ1) is 15.2. The first-order valence-electron chi connectivity index (χ1n) is 5.61. The van der Waals surface area contributed by atoms with E-state index in [9.17, 15) is 13.2 Å². The van der Waals surface area contributed by atoms with Crippen LogP contribution in [0.25, 0.3) is 0 Å². The number of halogens is 3. The minimum Gasteiger partial charge on any atom is -0.493 e. The fraction of sp³-hybridized carbons (Fsp3) is 0.500. The molecule has 0 aromatic heterocycles. The van der Waals surface area contributed by atoms with Crippen LogP contribution < -0.4 is 10.5 Å². The van der Waals surface area contributed by atoms with Crippen molar-refractivity contribution in [1.29, 1.82) is 0 Å². The Bertz CT molecular complexity index is 353. The quantitative estimate of drug-likeness (QED) is 0.806. The van der Waals surface area contributed by atoms with E-state index in [0.717, 1.165) is 12.0 Å². The maximum Gasteiger partial charge on any atom is 0.441 e. The minimum atomic E-state index is -4.19. The van der Waals surface area contributed by atoms with Crippen LogP contribution in [0.1, 0.15) is 24.9 Å². The summed E-state index contributed by atoms with van der Waals surface area (Å²) in [6, 6.07) is 7.10. The Labute approximate surface area is 109 Å². The molecule has 102 valence electrons. The van der Waals surface area contributed by atoms with Crippen LogP contribution in [-0.2, 0) is 0 Å². The summed E-state index contributed by atoms with van der Waals surface area (Å²) in [5, 5.41) is 0. The first-order valence-corrected chi connectivity index (χ1v) is 6.60. The highest BCUT2D eigenvalue weighted by Gasteiger charge is 2.27. The monoisotopic (exact) mass is 279 g/mol. The molecule has 0 radical (unpaired) electrons. The average molecular weight is 279 g/mol. The highest BCUT2D eigenvalue weighted by molar-refractivity contribution is 8.00. The van der Waals surface area contributed by atoms with Gasteiger partial charge in [0, 0.05) is 11.8 Å². The number of hydrogen-bond donors (Lipinski definition) is 1. The lowest BCUT2D eigenvalue weighted by molar-refractivity contribution is -0.0329. The highest BCUT2D eigenvalue weighted by atomic mass is 32.2. The van der Waals surface area contributed by atoms with E-state index < -0.39 is 5.51 Å². The van der Waals surface area contributed by atoms with Crippen LogP contribution in [0.3, 0.4) is 0 Å². The molecule has 1 rings (SSSR count). The lowest BCUT2D eigenvalue weighted by Crippen LogP contribution is -2.09. The summed E-state index contributed by atoms with van der Waals surface area (Å²) in [6.45, 7) is 2.02. The molecule has 0 spiro atoms. The van der Waals surface area contributed by atoms with E-state index in [0.29, 0.717) is 5.75 Å². The molecular formula is C12H16F3NOS. The van der Waals surface area contributed by atoms with Crippen molar-refractivity contribution in [2.75, 3.05) is 12.4 Å². The smallest absolute Gasteiger partial charge is 0.441 e. The molecule has 2 N–H and O–H groups in total. The van der Waals surface area contributed by atoms with Crippen molar-refractivity contribution >= 4 is 11.8 Å². The molecule has 1 aromatic rings. The van der Waals surface area contributed by atoms with Gasteiger partial charge in [-0.25, -0.2) is 0 Å². The van der Waals surface area contributed by atoms with Crippen molar-refractivity contribution in [1.82, 2.24) is 0 Å². The molecule has 1 aromatic carbocycles. The van der Waals surface area contributed by atoms with E-state index in [-0.39, 0.29) is 30.2 Å². The fourth-order valence-electron chi connectivity index (χ4n) is 1.36. The number of nitrogens with two attached hydrogens (primary N) is 1. The van der Waals surface area contributed by atoms with E-state index in [2.05, 4.69) is 0 Å². The summed E-state index contributed by atoms with van der Waals surface area (Å²) in [5.41, 5.74) is 2.65. The second-order valence-electron chi connectivity index (χ2n) is 3.73. The van der Waals surface area contributed by atoms with Gasteiger partial charge in [-0.05, 0) is 35.9 Å². The van der Waals surface area contributed by atoms with Gasteiger partial charge in [0.05, 0.1) is 6.61 Å². The fourth-order valence-corrected chi connectivity index (χ4v) is 1.76. The summed E-state index contributed by atoms with van der Waals surface area (Å²) in [5.74, 6) is 0.449. The molecule has 2 nitrogen and oxygen atoms in total. The molecule has 18 heavy (non-hydrogen) atoms. The third-order valence-electron chi connectivity index (χ3n) is 2.37. The Morgan fingerprint density at radius 2 is 1.89 bits per heavy atom. The van der Waals surface area contributed by atoms with Crippen LogP contribution in [0.2, 0.25) is 0 Å². The van der Waals surface area contributed by atoms with Crippen LogP contribution in [0, 0.1) is 0 Å². The lowest BCUT2D eigenvalue weighted by atomic mass is 10.1. The number of ether oxygens (including phenoxy) is 1. The third-order valence-corrected chi connectivity index (χ3v) is 3.06. The normalized spacial score (nSPS) is 13.4. The summed E-state index contributed by atoms with van der Waals surface area (Å²) < 4.78 is 40.8. The van der Waals surface area contributed by atoms with E-state index in [1.165, 1.54) is 0 Å². The molecule has 0 amide bonds. The van der Waals surface area contributed by atoms with Crippen LogP contribution >= 0.6 is 11.8 Å². The predicted octanol–water partition coefficient (Wildman–Crippen LogP) is 3.73. The zero-order chi connectivity index (χ0) is 13.6. The van der Waals surface area contributed by atoms with Gasteiger partial charge in [-0.3, -0.25) is 0 Å². The van der Waals surface area contributed by atoms with Crippen molar-refractivity contribution in [2.45, 2.75) is 24.9 Å². The largest absolute Gasteiger partial charge is 0.493 e. The molecule has 0 aliphatic rings. The molecule has 0 heterocycles. The van der Waals surface area contributed by atoms with Gasteiger partial charge in [-0.15, -0.1) is 0 Å². The molecule has 0 saturated carbocycles. The second-order valence-corrected chi connectivity index (χ2v) is 4.89. The Morgan fingerprint density at radius 1 is 1.28 bits per heavy atom. The molecule has 1 atom stereocenters. The number of alkyl halides is 3. The minimum absolute atomic E-state index is 0.0140. The molecule has 0 fully saturated rings. The summed E-state index contributed by atoms with van der Waals surface area (Å²) >= 11 is -0.0805. The standard InChI is InChI=1S/C12H16F3NOS/c1-2-11(16)9-3-5-10(6-4-9)17-7-8-18-12(13,14)15/h3-6,11H,2,7-8,16H2,1H3/t11-/m0/s1. The van der Waals surface area contributed by atoms with Crippen molar-refractivity contribution in [3.63, 3.8) is 0 Å². The highest BCUT2D eigenvalue weighted by Crippen LogP contribution is 2.29. The SMILES string of the molecule is CC[C@H](N)c1ccc(OCCSC(F)(F)F)cc1. The van der Waals surface area contributed by atoms with Gasteiger partial charge in [0.2, 0.25) is 0 Å². The molecule has 0 bridgehead atoms. The number of benzene rings is 1. The third kappa shape index (κ3) is 5.64. The maximum atomic E-state index is 11.9. The molecule has 0 aliphatic carbocycles. The number of rotatable bonds is 6. The number of thioether (sulfide) groups is 1. The van der Waals surface area contributed by atoms with Crippen molar-refractivity contribution in [3.8, 4) is 5.75 Å². The average Bonchev–Trinajstić information content (AvgIpc) is 2.33. The van der Waals surface area contributed by atoms with Crippen LogP contribution in [0.15, 0.2) is 24.3 Å². The first-order chi connectivity index (χ1) is 8.42. The molecular weight excluding hydrogens is 263 g/mol. The summed E-state index contributed by atoms with van der Waals surface area (Å²) in [6.07, 6.45) is 0.836. The van der Waals surface area contributed by atoms with Crippen molar-refractivity contribution in [3.05, 3.63) is 29.8 Å². The Balaban J connectivity index is 2.35. The van der Waals surface area contributed by atoms with Gasteiger partial charge in [0.15, 0.2) is 0 Å². The Hall–Kier alpha value is -0.880. The predicted molar refractivity (Wildman–Crippen MR) is 67.7 cm³/mol. The van der Waals surface area contributed by atoms with Gasteiger partial charge in [0.1, 0.15) is 5.75 Å². The van der Waals surface area contributed by atoms with Crippen LogP contribution in [0.5, 0.6) is 5.75 Å². The van der Waals surface area contributed by atoms with Crippen LogP contribution in [-0.4, -0.2) is 17.9 Å². The second kappa shape index (κ2) is 6.89. The van der Waals surface area contributed by atoms with Gasteiger partial charge < -0.3 is 10.5 Å². The molecule has 0 saturated heterocycles. The van der Waals surface area contributed by atoms with Gasteiger partial charge in [0.25, 0.3) is 0 Å². The summed E-state index contributed by atoms with van der Waals surface area (Å²) in [7, 11) is 0. The Kier molecular flexibility index (Phi) is 5.81. The number of hydrogen-bond acceptors (Lipinski definition) is 3. The zero-order valence-corrected chi connectivity index (χ0v) is 10.9. The van der Waals surface area contributed by atoms with Gasteiger partial charge in [-0.1, -0.05) is 19.1 Å². The zero-order valence-electron chi connectivity index (χ0n) is 10.0. The van der Waals surface area contributed by atoms with Crippen LogP contribution in [0.4, 0.5) is 13.2 Å². The molecule has 6 heteroatoms. The molecule has 0 aliphatic heterocycles. The van der Waals surface area contributed by atoms with Crippen molar-refractivity contribution in [2.24, 2.45) is 5.73 Å². The lowest BCUT2D eigenvalue weighted by Gasteiger charge is -2.11. The maximum absolute atomic E-state index is 11.9. The van der Waals surface area contributed by atoms with E-state index in [1.807, 2.05) is 19.1 Å².